The molecule has 0 spiro atoms. The molecule has 2 nitrogen and oxygen atoms in total. The van der Waals surface area contributed by atoms with Gasteiger partial charge in [-0.1, -0.05) is 60.7 Å². The first-order valence-corrected chi connectivity index (χ1v) is 6.05. The van der Waals surface area contributed by atoms with Crippen molar-refractivity contribution in [3.05, 3.63) is 71.8 Å². The maximum Gasteiger partial charge on any atom is 0.144 e. The molecule has 0 fully saturated rings. The molecule has 2 heteroatoms. The second-order valence-electron chi connectivity index (χ2n) is 4.53. The quantitative estimate of drug-likeness (QED) is 0.813. The number of aldehydes is 1. The first-order valence-electron chi connectivity index (χ1n) is 6.05. The van der Waals surface area contributed by atoms with E-state index in [0.717, 1.165) is 11.8 Å². The zero-order chi connectivity index (χ0) is 12.8. The predicted molar refractivity (Wildman–Crippen MR) is 73.1 cm³/mol. The summed E-state index contributed by atoms with van der Waals surface area (Å²) < 4.78 is 0. The summed E-state index contributed by atoms with van der Waals surface area (Å²) in [6.45, 7) is 2.57. The molecule has 2 aromatic rings. The van der Waals surface area contributed by atoms with Gasteiger partial charge in [-0.05, 0) is 18.1 Å². The van der Waals surface area contributed by atoms with Crippen molar-refractivity contribution in [2.45, 2.75) is 19.0 Å². The molecule has 1 unspecified atom stereocenters. The molecule has 92 valence electrons. The highest BCUT2D eigenvalue weighted by molar-refractivity contribution is 5.67. The molecule has 2 rings (SSSR count). The number of rotatable bonds is 5. The normalized spacial score (nSPS) is 13.8. The van der Waals surface area contributed by atoms with Gasteiger partial charge in [-0.15, -0.1) is 0 Å². The van der Waals surface area contributed by atoms with Crippen molar-refractivity contribution in [3.63, 3.8) is 0 Å². The summed E-state index contributed by atoms with van der Waals surface area (Å²) in [6, 6.07) is 19.8. The van der Waals surface area contributed by atoms with E-state index in [1.54, 1.807) is 0 Å². The van der Waals surface area contributed by atoms with E-state index in [1.165, 1.54) is 5.56 Å². The summed E-state index contributed by atoms with van der Waals surface area (Å²) in [5.74, 6) is 0. The molecule has 1 N–H and O–H groups in total. The molecule has 0 aliphatic heterocycles. The maximum atomic E-state index is 11.4. The number of nitrogens with one attached hydrogen (secondary N) is 1. The fourth-order valence-electron chi connectivity index (χ4n) is 1.88. The highest BCUT2D eigenvalue weighted by Gasteiger charge is 2.24. The minimum absolute atomic E-state index is 0.642. The van der Waals surface area contributed by atoms with Gasteiger partial charge in [0.2, 0.25) is 0 Å². The lowest BCUT2D eigenvalue weighted by atomic mass is 9.93. The molecule has 2 aromatic carbocycles. The Morgan fingerprint density at radius 3 is 2.11 bits per heavy atom. The Balaban J connectivity index is 2.12. The van der Waals surface area contributed by atoms with Crippen LogP contribution in [0.3, 0.4) is 0 Å². The summed E-state index contributed by atoms with van der Waals surface area (Å²) in [5.41, 5.74) is 1.51. The van der Waals surface area contributed by atoms with Crippen molar-refractivity contribution in [3.8, 4) is 0 Å². The van der Waals surface area contributed by atoms with Crippen molar-refractivity contribution >= 4 is 6.29 Å². The Bertz CT molecular complexity index is 495. The van der Waals surface area contributed by atoms with E-state index in [9.17, 15) is 4.79 Å². The van der Waals surface area contributed by atoms with Crippen molar-refractivity contribution in [2.75, 3.05) is 0 Å². The third-order valence-electron chi connectivity index (χ3n) is 3.11. The molecule has 0 aliphatic rings. The fraction of sp³-hybridized carbons (Fsp3) is 0.188. The Morgan fingerprint density at radius 1 is 1.00 bits per heavy atom. The first kappa shape index (κ1) is 12.5. The van der Waals surface area contributed by atoms with Gasteiger partial charge >= 0.3 is 0 Å². The number of hydrogen-bond donors (Lipinski definition) is 1. The van der Waals surface area contributed by atoms with Gasteiger partial charge in [-0.25, -0.2) is 0 Å². The summed E-state index contributed by atoms with van der Waals surface area (Å²) in [6.07, 6.45) is 0.964. The summed E-state index contributed by atoms with van der Waals surface area (Å²) in [7, 11) is 0. The van der Waals surface area contributed by atoms with E-state index < -0.39 is 5.54 Å². The van der Waals surface area contributed by atoms with Gasteiger partial charge in [0, 0.05) is 6.54 Å². The van der Waals surface area contributed by atoms with Gasteiger partial charge in [0.05, 0.1) is 5.54 Å². The lowest BCUT2D eigenvalue weighted by molar-refractivity contribution is -0.113. The third-order valence-corrected chi connectivity index (χ3v) is 3.11. The second kappa shape index (κ2) is 5.61. The van der Waals surface area contributed by atoms with E-state index >= 15 is 0 Å². The first-order chi connectivity index (χ1) is 8.74. The molecule has 0 bridgehead atoms. The van der Waals surface area contributed by atoms with Crippen LogP contribution in [-0.2, 0) is 16.9 Å². The molecule has 0 amide bonds. The maximum absolute atomic E-state index is 11.4. The van der Waals surface area contributed by atoms with Crippen LogP contribution in [0.1, 0.15) is 18.1 Å². The molecule has 0 radical (unpaired) electrons. The van der Waals surface area contributed by atoms with Crippen LogP contribution in [0.15, 0.2) is 60.7 Å². The monoisotopic (exact) mass is 239 g/mol. The largest absolute Gasteiger partial charge is 0.301 e. The highest BCUT2D eigenvalue weighted by atomic mass is 16.1. The molecular formula is C16H17NO. The predicted octanol–water partition coefficient (Wildman–Crippen LogP) is 2.89. The van der Waals surface area contributed by atoms with Crippen LogP contribution < -0.4 is 5.32 Å². The van der Waals surface area contributed by atoms with E-state index in [4.69, 9.17) is 0 Å². The minimum atomic E-state index is -0.642. The summed E-state index contributed by atoms with van der Waals surface area (Å²) >= 11 is 0. The summed E-state index contributed by atoms with van der Waals surface area (Å²) in [5, 5.41) is 3.31. The lowest BCUT2D eigenvalue weighted by Crippen LogP contribution is -2.40. The Morgan fingerprint density at radius 2 is 1.56 bits per heavy atom. The van der Waals surface area contributed by atoms with Crippen LogP contribution in [0.4, 0.5) is 0 Å². The van der Waals surface area contributed by atoms with Crippen molar-refractivity contribution in [2.24, 2.45) is 0 Å². The van der Waals surface area contributed by atoms with Gasteiger partial charge in [0.15, 0.2) is 0 Å². The van der Waals surface area contributed by atoms with Crippen LogP contribution >= 0.6 is 0 Å². The van der Waals surface area contributed by atoms with Crippen LogP contribution in [-0.4, -0.2) is 6.29 Å². The van der Waals surface area contributed by atoms with Gasteiger partial charge < -0.3 is 4.79 Å². The minimum Gasteiger partial charge on any atom is -0.301 e. The third kappa shape index (κ3) is 2.84. The van der Waals surface area contributed by atoms with Gasteiger partial charge in [0.25, 0.3) is 0 Å². The molecule has 0 aromatic heterocycles. The van der Waals surface area contributed by atoms with Crippen molar-refractivity contribution in [1.82, 2.24) is 5.32 Å². The molecule has 18 heavy (non-hydrogen) atoms. The van der Waals surface area contributed by atoms with Crippen LogP contribution in [0.2, 0.25) is 0 Å². The van der Waals surface area contributed by atoms with Crippen LogP contribution in [0, 0.1) is 0 Å². The molecule has 0 aliphatic carbocycles. The smallest absolute Gasteiger partial charge is 0.144 e. The van der Waals surface area contributed by atoms with Crippen molar-refractivity contribution in [1.29, 1.82) is 0 Å². The Kier molecular flexibility index (Phi) is 3.90. The van der Waals surface area contributed by atoms with Gasteiger partial charge in [-0.3, -0.25) is 5.32 Å². The zero-order valence-corrected chi connectivity index (χ0v) is 10.5. The van der Waals surface area contributed by atoms with Crippen LogP contribution in [0.25, 0.3) is 0 Å². The molecule has 1 atom stereocenters. The number of hydrogen-bond acceptors (Lipinski definition) is 2. The fourth-order valence-corrected chi connectivity index (χ4v) is 1.88. The Hall–Kier alpha value is -1.93. The molecular weight excluding hydrogens is 222 g/mol. The highest BCUT2D eigenvalue weighted by Crippen LogP contribution is 2.18. The van der Waals surface area contributed by atoms with E-state index in [2.05, 4.69) is 5.32 Å². The van der Waals surface area contributed by atoms with E-state index in [1.807, 2.05) is 67.6 Å². The SMILES string of the molecule is CC(C=O)(NCc1ccccc1)c1ccccc1. The van der Waals surface area contributed by atoms with Crippen molar-refractivity contribution < 1.29 is 4.79 Å². The van der Waals surface area contributed by atoms with E-state index in [0.29, 0.717) is 6.54 Å². The lowest BCUT2D eigenvalue weighted by Gasteiger charge is -2.25. The van der Waals surface area contributed by atoms with E-state index in [-0.39, 0.29) is 0 Å². The molecule has 0 saturated carbocycles. The number of benzene rings is 2. The number of carbonyl (C=O) groups is 1. The topological polar surface area (TPSA) is 29.1 Å². The van der Waals surface area contributed by atoms with Gasteiger partial charge in [-0.2, -0.15) is 0 Å². The van der Waals surface area contributed by atoms with Crippen LogP contribution in [0.5, 0.6) is 0 Å². The average molecular weight is 239 g/mol. The molecule has 0 saturated heterocycles. The summed E-state index contributed by atoms with van der Waals surface area (Å²) in [4.78, 5) is 11.4. The second-order valence-corrected chi connectivity index (χ2v) is 4.53. The standard InChI is InChI=1S/C16H17NO/c1-16(13-18,15-10-6-3-7-11-15)17-12-14-8-4-2-5-9-14/h2-11,13,17H,12H2,1H3. The average Bonchev–Trinajstić information content (AvgIpc) is 2.47. The zero-order valence-electron chi connectivity index (χ0n) is 10.5. The molecule has 0 heterocycles. The van der Waals surface area contributed by atoms with Gasteiger partial charge in [0.1, 0.15) is 6.29 Å². The Labute approximate surface area is 108 Å². The number of carbonyl (C=O) groups excluding carboxylic acids is 1.